The molecular formula is C31H25Cl2N3O3S. The Bertz CT molecular complexity index is 1540. The second-order valence-corrected chi connectivity index (χ2v) is 11.0. The van der Waals surface area contributed by atoms with E-state index in [1.54, 1.807) is 110 Å². The van der Waals surface area contributed by atoms with Gasteiger partial charge in [-0.25, -0.2) is 0 Å². The van der Waals surface area contributed by atoms with Gasteiger partial charge in [0, 0.05) is 31.9 Å². The number of carbonyl (C=O) groups is 3. The van der Waals surface area contributed by atoms with Gasteiger partial charge in [-0.3, -0.25) is 14.4 Å². The van der Waals surface area contributed by atoms with E-state index in [1.165, 1.54) is 11.8 Å². The van der Waals surface area contributed by atoms with Gasteiger partial charge in [0.2, 0.25) is 5.91 Å². The second-order valence-electron chi connectivity index (χ2n) is 8.67. The van der Waals surface area contributed by atoms with Crippen LogP contribution in [0.15, 0.2) is 114 Å². The van der Waals surface area contributed by atoms with Crippen LogP contribution in [0.3, 0.4) is 0 Å². The molecule has 4 rings (SSSR count). The van der Waals surface area contributed by atoms with E-state index in [0.717, 1.165) is 4.90 Å². The van der Waals surface area contributed by atoms with Gasteiger partial charge in [0.05, 0.1) is 5.25 Å². The van der Waals surface area contributed by atoms with Crippen molar-refractivity contribution in [2.45, 2.75) is 17.1 Å². The van der Waals surface area contributed by atoms with Gasteiger partial charge < -0.3 is 16.0 Å². The first-order chi connectivity index (χ1) is 19.3. The predicted octanol–water partition coefficient (Wildman–Crippen LogP) is 7.52. The van der Waals surface area contributed by atoms with Gasteiger partial charge in [-0.2, -0.15) is 0 Å². The predicted molar refractivity (Wildman–Crippen MR) is 164 cm³/mol. The SMILES string of the molecule is CC(Sc1cccc(NC(=O)/C(=C/c2cccc(Cl)c2)NC(=O)c2ccccc2)c1)C(=O)Nc1ccc(Cl)cc1. The Kier molecular flexibility index (Phi) is 10.0. The van der Waals surface area contributed by atoms with Crippen LogP contribution in [-0.4, -0.2) is 23.0 Å². The molecule has 0 aliphatic heterocycles. The zero-order valence-corrected chi connectivity index (χ0v) is 23.7. The van der Waals surface area contributed by atoms with Crippen molar-refractivity contribution < 1.29 is 14.4 Å². The lowest BCUT2D eigenvalue weighted by molar-refractivity contribution is -0.115. The molecule has 9 heteroatoms. The molecule has 4 aromatic carbocycles. The Hall–Kier alpha value is -4.04. The van der Waals surface area contributed by atoms with Crippen LogP contribution in [0, 0.1) is 0 Å². The highest BCUT2D eigenvalue weighted by Gasteiger charge is 2.17. The normalized spacial score (nSPS) is 11.8. The highest BCUT2D eigenvalue weighted by molar-refractivity contribution is 8.00. The van der Waals surface area contributed by atoms with Crippen molar-refractivity contribution >= 4 is 70.1 Å². The van der Waals surface area contributed by atoms with Crippen molar-refractivity contribution in [3.05, 3.63) is 130 Å². The number of rotatable bonds is 9. The summed E-state index contributed by atoms with van der Waals surface area (Å²) in [5, 5.41) is 9.09. The van der Waals surface area contributed by atoms with Gasteiger partial charge >= 0.3 is 0 Å². The monoisotopic (exact) mass is 589 g/mol. The lowest BCUT2D eigenvalue weighted by Gasteiger charge is -2.14. The molecule has 3 N–H and O–H groups in total. The Morgan fingerprint density at radius 1 is 0.750 bits per heavy atom. The van der Waals surface area contributed by atoms with Crippen LogP contribution in [0.25, 0.3) is 6.08 Å². The molecule has 6 nitrogen and oxygen atoms in total. The molecule has 1 unspecified atom stereocenters. The van der Waals surface area contributed by atoms with E-state index in [9.17, 15) is 14.4 Å². The van der Waals surface area contributed by atoms with Gasteiger partial charge in [0.15, 0.2) is 0 Å². The van der Waals surface area contributed by atoms with E-state index in [0.29, 0.717) is 32.5 Å². The Balaban J connectivity index is 1.47. The lowest BCUT2D eigenvalue weighted by Crippen LogP contribution is -2.30. The Morgan fingerprint density at radius 2 is 1.48 bits per heavy atom. The van der Waals surface area contributed by atoms with Crippen molar-refractivity contribution in [1.82, 2.24) is 5.32 Å². The molecule has 0 spiro atoms. The van der Waals surface area contributed by atoms with Crippen LogP contribution in [0.1, 0.15) is 22.8 Å². The maximum absolute atomic E-state index is 13.3. The highest BCUT2D eigenvalue weighted by Crippen LogP contribution is 2.27. The third-order valence-electron chi connectivity index (χ3n) is 5.57. The van der Waals surface area contributed by atoms with Crippen LogP contribution < -0.4 is 16.0 Å². The van der Waals surface area contributed by atoms with Crippen LogP contribution in [0.2, 0.25) is 10.0 Å². The van der Waals surface area contributed by atoms with Gasteiger partial charge in [0.1, 0.15) is 5.70 Å². The summed E-state index contributed by atoms with van der Waals surface area (Å²) in [5.74, 6) is -1.11. The summed E-state index contributed by atoms with van der Waals surface area (Å²) in [4.78, 5) is 39.6. The van der Waals surface area contributed by atoms with Crippen molar-refractivity contribution in [3.63, 3.8) is 0 Å². The molecular weight excluding hydrogens is 565 g/mol. The standard InChI is InChI=1S/C31H25Cl2N3O3S/c1-20(29(37)34-25-15-13-23(32)14-16-25)40-27-12-6-11-26(19-27)35-31(39)28(18-21-7-5-10-24(33)17-21)36-30(38)22-8-3-2-4-9-22/h2-20H,1H3,(H,34,37)(H,35,39)(H,36,38)/b28-18-. The molecule has 0 aliphatic carbocycles. The van der Waals surface area contributed by atoms with Crippen LogP contribution in [0.5, 0.6) is 0 Å². The summed E-state index contributed by atoms with van der Waals surface area (Å²) in [7, 11) is 0. The van der Waals surface area contributed by atoms with Gasteiger partial charge in [0.25, 0.3) is 11.8 Å². The smallest absolute Gasteiger partial charge is 0.272 e. The first-order valence-electron chi connectivity index (χ1n) is 12.2. The van der Waals surface area contributed by atoms with E-state index < -0.39 is 17.1 Å². The minimum atomic E-state index is -0.514. The van der Waals surface area contributed by atoms with Gasteiger partial charge in [-0.05, 0) is 85.3 Å². The molecule has 3 amide bonds. The zero-order chi connectivity index (χ0) is 28.5. The summed E-state index contributed by atoms with van der Waals surface area (Å²) in [5.41, 5.74) is 2.27. The van der Waals surface area contributed by atoms with Crippen molar-refractivity contribution in [2.75, 3.05) is 10.6 Å². The number of hydrogen-bond acceptors (Lipinski definition) is 4. The maximum atomic E-state index is 13.3. The van der Waals surface area contributed by atoms with Crippen molar-refractivity contribution in [2.24, 2.45) is 0 Å². The Labute approximate surface area is 246 Å². The Morgan fingerprint density at radius 3 is 2.20 bits per heavy atom. The number of halogens is 2. The molecule has 202 valence electrons. The number of benzene rings is 4. The molecule has 1 atom stereocenters. The van der Waals surface area contributed by atoms with E-state index in [-0.39, 0.29) is 11.6 Å². The fraction of sp³-hybridized carbons (Fsp3) is 0.0645. The van der Waals surface area contributed by atoms with Crippen molar-refractivity contribution in [3.8, 4) is 0 Å². The van der Waals surface area contributed by atoms with E-state index in [4.69, 9.17) is 23.2 Å². The van der Waals surface area contributed by atoms with Gasteiger partial charge in [-0.1, -0.05) is 59.6 Å². The number of amides is 3. The minimum Gasteiger partial charge on any atom is -0.325 e. The number of thioether (sulfide) groups is 1. The zero-order valence-electron chi connectivity index (χ0n) is 21.4. The lowest BCUT2D eigenvalue weighted by atomic mass is 10.1. The molecule has 0 aliphatic rings. The minimum absolute atomic E-state index is 0.0462. The molecule has 0 aromatic heterocycles. The van der Waals surface area contributed by atoms with Crippen LogP contribution >= 0.6 is 35.0 Å². The molecule has 4 aromatic rings. The third kappa shape index (κ3) is 8.48. The summed E-state index contributed by atoms with van der Waals surface area (Å²) >= 11 is 13.4. The van der Waals surface area contributed by atoms with E-state index in [2.05, 4.69) is 16.0 Å². The summed E-state index contributed by atoms with van der Waals surface area (Å²) in [6, 6.07) is 29.6. The summed E-state index contributed by atoms with van der Waals surface area (Å²) < 4.78 is 0. The molecule has 0 fully saturated rings. The van der Waals surface area contributed by atoms with Crippen LogP contribution in [0.4, 0.5) is 11.4 Å². The van der Waals surface area contributed by atoms with E-state index >= 15 is 0 Å². The molecule has 0 saturated carbocycles. The molecule has 0 saturated heterocycles. The first kappa shape index (κ1) is 29.0. The third-order valence-corrected chi connectivity index (χ3v) is 7.16. The molecule has 0 radical (unpaired) electrons. The quantitative estimate of drug-likeness (QED) is 0.139. The number of anilines is 2. The largest absolute Gasteiger partial charge is 0.325 e. The molecule has 0 heterocycles. The summed E-state index contributed by atoms with van der Waals surface area (Å²) in [6.45, 7) is 1.80. The number of hydrogen-bond donors (Lipinski definition) is 3. The fourth-order valence-electron chi connectivity index (χ4n) is 3.59. The van der Waals surface area contributed by atoms with Crippen molar-refractivity contribution in [1.29, 1.82) is 0 Å². The first-order valence-corrected chi connectivity index (χ1v) is 13.9. The second kappa shape index (κ2) is 13.8. The maximum Gasteiger partial charge on any atom is 0.272 e. The molecule has 40 heavy (non-hydrogen) atoms. The van der Waals surface area contributed by atoms with E-state index in [1.807, 2.05) is 6.07 Å². The molecule has 0 bridgehead atoms. The van der Waals surface area contributed by atoms with Gasteiger partial charge in [-0.15, -0.1) is 11.8 Å². The fourth-order valence-corrected chi connectivity index (χ4v) is 4.84. The highest BCUT2D eigenvalue weighted by atomic mass is 35.5. The average molecular weight is 591 g/mol. The summed E-state index contributed by atoms with van der Waals surface area (Å²) in [6.07, 6.45) is 1.56. The topological polar surface area (TPSA) is 87.3 Å². The number of carbonyl (C=O) groups excluding carboxylic acids is 3. The average Bonchev–Trinajstić information content (AvgIpc) is 2.94. The van der Waals surface area contributed by atoms with Crippen LogP contribution in [-0.2, 0) is 9.59 Å². The number of nitrogens with one attached hydrogen (secondary N) is 3.